The Balaban J connectivity index is 1.52. The Kier molecular flexibility index (Phi) is 5.43. The lowest BCUT2D eigenvalue weighted by atomic mass is 9.93. The van der Waals surface area contributed by atoms with E-state index >= 15 is 0 Å². The number of carbonyl (C=O) groups excluding carboxylic acids is 1. The first-order valence-corrected chi connectivity index (χ1v) is 8.17. The highest BCUT2D eigenvalue weighted by Crippen LogP contribution is 2.30. The van der Waals surface area contributed by atoms with Crippen LogP contribution in [0.4, 0.5) is 0 Å². The first-order valence-electron chi connectivity index (χ1n) is 8.17. The lowest BCUT2D eigenvalue weighted by Gasteiger charge is -2.24. The molecule has 128 valence electrons. The number of methoxy groups -OCH3 is 1. The van der Waals surface area contributed by atoms with Crippen molar-refractivity contribution in [2.75, 3.05) is 20.3 Å². The lowest BCUT2D eigenvalue weighted by molar-refractivity contribution is 0.0949. The van der Waals surface area contributed by atoms with Crippen molar-refractivity contribution in [1.29, 1.82) is 0 Å². The first-order chi connectivity index (χ1) is 11.8. The van der Waals surface area contributed by atoms with E-state index in [1.807, 2.05) is 16.9 Å². The third-order valence-corrected chi connectivity index (χ3v) is 4.09. The van der Waals surface area contributed by atoms with Crippen molar-refractivity contribution in [3.8, 4) is 5.75 Å². The molecule has 1 aliphatic rings. The predicted molar refractivity (Wildman–Crippen MR) is 87.9 cm³/mol. The normalized spacial score (nSPS) is 14.2. The second-order valence-electron chi connectivity index (χ2n) is 5.83. The molecular formula is C17H22N4O3. The Bertz CT molecular complexity index is 682. The molecular weight excluding hydrogens is 308 g/mol. The van der Waals surface area contributed by atoms with E-state index in [9.17, 15) is 4.79 Å². The van der Waals surface area contributed by atoms with Crippen molar-refractivity contribution in [3.05, 3.63) is 41.7 Å². The molecule has 7 nitrogen and oxygen atoms in total. The number of rotatable bonds is 8. The van der Waals surface area contributed by atoms with E-state index in [0.717, 1.165) is 18.5 Å². The van der Waals surface area contributed by atoms with Gasteiger partial charge in [0.1, 0.15) is 18.1 Å². The zero-order valence-electron chi connectivity index (χ0n) is 13.8. The van der Waals surface area contributed by atoms with Crippen LogP contribution in [0, 0.1) is 0 Å². The summed E-state index contributed by atoms with van der Waals surface area (Å²) < 4.78 is 12.4. The second kappa shape index (κ2) is 7.92. The smallest absolute Gasteiger partial charge is 0.251 e. The van der Waals surface area contributed by atoms with Crippen LogP contribution in [0.3, 0.4) is 0 Å². The summed E-state index contributed by atoms with van der Waals surface area (Å²) in [5.41, 5.74) is 1.32. The first kappa shape index (κ1) is 16.4. The van der Waals surface area contributed by atoms with Crippen LogP contribution in [0.2, 0.25) is 0 Å². The molecule has 1 aromatic heterocycles. The van der Waals surface area contributed by atoms with Crippen molar-refractivity contribution in [3.63, 3.8) is 0 Å². The van der Waals surface area contributed by atoms with E-state index in [2.05, 4.69) is 15.6 Å². The summed E-state index contributed by atoms with van der Waals surface area (Å²) in [5.74, 6) is 0.487. The van der Waals surface area contributed by atoms with Crippen LogP contribution >= 0.6 is 0 Å². The Morgan fingerprint density at radius 2 is 2.25 bits per heavy atom. The Morgan fingerprint density at radius 1 is 1.38 bits per heavy atom. The van der Waals surface area contributed by atoms with E-state index in [1.54, 1.807) is 25.3 Å². The number of benzene rings is 1. The summed E-state index contributed by atoms with van der Waals surface area (Å²) in [6, 6.07) is 7.56. The van der Waals surface area contributed by atoms with Crippen molar-refractivity contribution < 1.29 is 14.3 Å². The Morgan fingerprint density at radius 3 is 3.00 bits per heavy atom. The summed E-state index contributed by atoms with van der Waals surface area (Å²) in [7, 11) is 1.62. The quantitative estimate of drug-likeness (QED) is 0.749. The zero-order valence-corrected chi connectivity index (χ0v) is 13.8. The van der Waals surface area contributed by atoms with Gasteiger partial charge in [0.2, 0.25) is 0 Å². The minimum atomic E-state index is -0.162. The van der Waals surface area contributed by atoms with Crippen molar-refractivity contribution in [2.24, 2.45) is 0 Å². The molecule has 0 bridgehead atoms. The number of ether oxygens (including phenoxy) is 2. The molecule has 1 aliphatic carbocycles. The summed E-state index contributed by atoms with van der Waals surface area (Å²) in [4.78, 5) is 12.3. The number of hydrogen-bond acceptors (Lipinski definition) is 5. The van der Waals surface area contributed by atoms with Crippen LogP contribution in [0.15, 0.2) is 30.5 Å². The molecule has 0 spiro atoms. The number of nitrogens with one attached hydrogen (secondary N) is 1. The van der Waals surface area contributed by atoms with E-state index in [0.29, 0.717) is 37.1 Å². The molecule has 0 aliphatic heterocycles. The fourth-order valence-corrected chi connectivity index (χ4v) is 2.47. The minimum Gasteiger partial charge on any atom is -0.491 e. The van der Waals surface area contributed by atoms with Gasteiger partial charge < -0.3 is 14.8 Å². The summed E-state index contributed by atoms with van der Waals surface area (Å²) in [6.45, 7) is 1.32. The third-order valence-electron chi connectivity index (χ3n) is 4.09. The highest BCUT2D eigenvalue weighted by molar-refractivity contribution is 5.94. The van der Waals surface area contributed by atoms with Crippen LogP contribution in [0.5, 0.6) is 5.75 Å². The molecule has 1 amide bonds. The lowest BCUT2D eigenvalue weighted by Crippen LogP contribution is -2.23. The molecule has 1 saturated carbocycles. The van der Waals surface area contributed by atoms with E-state index in [4.69, 9.17) is 9.47 Å². The molecule has 1 N–H and O–H groups in total. The number of hydrogen-bond donors (Lipinski definition) is 1. The van der Waals surface area contributed by atoms with Crippen molar-refractivity contribution in [1.82, 2.24) is 20.3 Å². The maximum Gasteiger partial charge on any atom is 0.251 e. The maximum absolute atomic E-state index is 12.3. The van der Waals surface area contributed by atoms with Gasteiger partial charge in [0.15, 0.2) is 0 Å². The number of amides is 1. The fourth-order valence-electron chi connectivity index (χ4n) is 2.47. The zero-order chi connectivity index (χ0) is 16.8. The third kappa shape index (κ3) is 4.11. The van der Waals surface area contributed by atoms with E-state index in [-0.39, 0.29) is 5.91 Å². The molecule has 24 heavy (non-hydrogen) atoms. The van der Waals surface area contributed by atoms with Crippen LogP contribution in [-0.2, 0) is 11.3 Å². The van der Waals surface area contributed by atoms with Crippen LogP contribution in [0.1, 0.15) is 41.4 Å². The molecule has 0 atom stereocenters. The van der Waals surface area contributed by atoms with Crippen LogP contribution in [-0.4, -0.2) is 41.2 Å². The SMILES string of the molecule is COCCOc1cccc(C(=O)NCc2cn(C3CCC3)nn2)c1. The van der Waals surface area contributed by atoms with E-state index < -0.39 is 0 Å². The van der Waals surface area contributed by atoms with Gasteiger partial charge in [-0.25, -0.2) is 4.68 Å². The molecule has 7 heteroatoms. The molecule has 0 unspecified atom stereocenters. The van der Waals surface area contributed by atoms with E-state index in [1.165, 1.54) is 6.42 Å². The monoisotopic (exact) mass is 330 g/mol. The summed E-state index contributed by atoms with van der Waals surface area (Å²) in [5, 5.41) is 11.1. The molecule has 1 aromatic carbocycles. The maximum atomic E-state index is 12.3. The van der Waals surface area contributed by atoms with Gasteiger partial charge in [-0.05, 0) is 37.5 Å². The van der Waals surface area contributed by atoms with Gasteiger partial charge >= 0.3 is 0 Å². The summed E-state index contributed by atoms with van der Waals surface area (Å²) in [6.07, 6.45) is 5.48. The van der Waals surface area contributed by atoms with Crippen molar-refractivity contribution >= 4 is 5.91 Å². The van der Waals surface area contributed by atoms with Gasteiger partial charge in [0, 0.05) is 12.7 Å². The largest absolute Gasteiger partial charge is 0.491 e. The molecule has 2 aromatic rings. The predicted octanol–water partition coefficient (Wildman–Crippen LogP) is 1.96. The minimum absolute atomic E-state index is 0.162. The molecule has 0 radical (unpaired) electrons. The number of aromatic nitrogens is 3. The van der Waals surface area contributed by atoms with Crippen LogP contribution in [0.25, 0.3) is 0 Å². The van der Waals surface area contributed by atoms with Gasteiger partial charge in [-0.3, -0.25) is 4.79 Å². The van der Waals surface area contributed by atoms with Gasteiger partial charge in [-0.1, -0.05) is 11.3 Å². The van der Waals surface area contributed by atoms with Gasteiger partial charge in [-0.2, -0.15) is 0 Å². The van der Waals surface area contributed by atoms with Crippen LogP contribution < -0.4 is 10.1 Å². The van der Waals surface area contributed by atoms with Gasteiger partial charge in [-0.15, -0.1) is 5.10 Å². The Labute approximate surface area is 141 Å². The molecule has 3 rings (SSSR count). The second-order valence-corrected chi connectivity index (χ2v) is 5.83. The fraction of sp³-hybridized carbons (Fsp3) is 0.471. The highest BCUT2D eigenvalue weighted by atomic mass is 16.5. The Hall–Kier alpha value is -2.41. The average molecular weight is 330 g/mol. The topological polar surface area (TPSA) is 78.3 Å². The molecule has 0 saturated heterocycles. The molecule has 1 heterocycles. The summed E-state index contributed by atoms with van der Waals surface area (Å²) >= 11 is 0. The van der Waals surface area contributed by atoms with Crippen molar-refractivity contribution in [2.45, 2.75) is 31.8 Å². The van der Waals surface area contributed by atoms with Gasteiger partial charge in [0.25, 0.3) is 5.91 Å². The van der Waals surface area contributed by atoms with Gasteiger partial charge in [0.05, 0.1) is 25.4 Å². The highest BCUT2D eigenvalue weighted by Gasteiger charge is 2.20. The molecule has 1 fully saturated rings. The average Bonchev–Trinajstić information content (AvgIpc) is 3.00. The standard InChI is InChI=1S/C17H22N4O3/c1-23-8-9-24-16-7-2-4-13(10-16)17(22)18-11-14-12-21(20-19-14)15-5-3-6-15/h2,4,7,10,12,15H,3,5-6,8-9,11H2,1H3,(H,18,22). The number of nitrogens with zero attached hydrogens (tertiary/aromatic N) is 3. The number of carbonyl (C=O) groups is 1.